The first kappa shape index (κ1) is 16.1. The van der Waals surface area contributed by atoms with Gasteiger partial charge < -0.3 is 9.47 Å². The Balaban J connectivity index is 1.45. The molecule has 3 aromatic rings. The molecule has 0 spiro atoms. The number of carbonyl (C=O) groups excluding carboxylic acids is 1. The summed E-state index contributed by atoms with van der Waals surface area (Å²) >= 11 is 0. The number of rotatable bonds is 2. The predicted octanol–water partition coefficient (Wildman–Crippen LogP) is 2.26. The Labute approximate surface area is 152 Å². The van der Waals surface area contributed by atoms with E-state index in [0.717, 1.165) is 23.6 Å². The number of benzene rings is 2. The minimum atomic E-state index is -0.173. The summed E-state index contributed by atoms with van der Waals surface area (Å²) in [6.07, 6.45) is 0.746. The zero-order chi connectivity index (χ0) is 17.8. The van der Waals surface area contributed by atoms with E-state index in [1.807, 2.05) is 48.5 Å². The van der Waals surface area contributed by atoms with Crippen molar-refractivity contribution in [3.05, 3.63) is 83.4 Å². The molecule has 5 nitrogen and oxygen atoms in total. The third-order valence-electron chi connectivity index (χ3n) is 4.41. The van der Waals surface area contributed by atoms with Crippen LogP contribution in [0.25, 0.3) is 0 Å². The zero-order valence-corrected chi connectivity index (χ0v) is 14.3. The molecule has 0 fully saturated rings. The minimum Gasteiger partial charge on any atom is -0.323 e. The Bertz CT molecular complexity index is 967. The molecule has 4 rings (SSSR count). The topological polar surface area (TPSA) is 51.0 Å². The summed E-state index contributed by atoms with van der Waals surface area (Å²) < 4.78 is 2.11. The van der Waals surface area contributed by atoms with Gasteiger partial charge in [0.15, 0.2) is 5.82 Å². The highest BCUT2D eigenvalue weighted by Crippen LogP contribution is 2.15. The predicted molar refractivity (Wildman–Crippen MR) is 98.0 cm³/mol. The van der Waals surface area contributed by atoms with E-state index in [4.69, 9.17) is 0 Å². The molecular weight excluding hydrogens is 324 g/mol. The van der Waals surface area contributed by atoms with E-state index in [1.165, 1.54) is 5.56 Å². The highest BCUT2D eigenvalue weighted by Gasteiger charge is 2.23. The molecule has 0 N–H and O–H groups in total. The molecule has 1 aliphatic heterocycles. The van der Waals surface area contributed by atoms with E-state index >= 15 is 0 Å². The fourth-order valence-electron chi connectivity index (χ4n) is 3.03. The van der Waals surface area contributed by atoms with Gasteiger partial charge in [0.05, 0.1) is 6.54 Å². The molecular formula is C21H18N4O. The van der Waals surface area contributed by atoms with E-state index in [0.29, 0.717) is 19.6 Å². The maximum atomic E-state index is 12.4. The summed E-state index contributed by atoms with van der Waals surface area (Å²) in [6.45, 7) is 1.77. The molecule has 26 heavy (non-hydrogen) atoms. The molecule has 128 valence electrons. The van der Waals surface area contributed by atoms with Gasteiger partial charge in [-0.25, -0.2) is 0 Å². The van der Waals surface area contributed by atoms with Crippen LogP contribution >= 0.6 is 0 Å². The minimum absolute atomic E-state index is 0.173. The van der Waals surface area contributed by atoms with Gasteiger partial charge in [0.1, 0.15) is 5.82 Å². The lowest BCUT2D eigenvalue weighted by molar-refractivity contribution is -0.126. The average Bonchev–Trinajstić information content (AvgIpc) is 3.10. The SMILES string of the molecule is O=C(C#Cc1ccccc1)N1CCn2c(Cc3ccccc3)nnc2C1. The highest BCUT2D eigenvalue weighted by molar-refractivity contribution is 5.94. The van der Waals surface area contributed by atoms with E-state index < -0.39 is 0 Å². The van der Waals surface area contributed by atoms with Crippen LogP contribution in [-0.4, -0.2) is 32.1 Å². The van der Waals surface area contributed by atoms with Crippen LogP contribution in [0.15, 0.2) is 60.7 Å². The molecule has 0 radical (unpaired) electrons. The second-order valence-corrected chi connectivity index (χ2v) is 6.19. The third-order valence-corrected chi connectivity index (χ3v) is 4.41. The lowest BCUT2D eigenvalue weighted by Gasteiger charge is -2.26. The van der Waals surface area contributed by atoms with Crippen molar-refractivity contribution in [2.45, 2.75) is 19.5 Å². The Kier molecular flexibility index (Phi) is 4.48. The number of hydrogen-bond acceptors (Lipinski definition) is 3. The average molecular weight is 342 g/mol. The Morgan fingerprint density at radius 1 is 0.962 bits per heavy atom. The number of carbonyl (C=O) groups is 1. The molecule has 0 atom stereocenters. The van der Waals surface area contributed by atoms with Crippen LogP contribution in [0.1, 0.15) is 22.8 Å². The highest BCUT2D eigenvalue weighted by atomic mass is 16.2. The van der Waals surface area contributed by atoms with Crippen LogP contribution in [0.4, 0.5) is 0 Å². The van der Waals surface area contributed by atoms with Gasteiger partial charge in [-0.05, 0) is 17.7 Å². The summed E-state index contributed by atoms with van der Waals surface area (Å²) in [6, 6.07) is 19.7. The van der Waals surface area contributed by atoms with Crippen molar-refractivity contribution in [1.29, 1.82) is 0 Å². The second-order valence-electron chi connectivity index (χ2n) is 6.19. The third kappa shape index (κ3) is 3.50. The molecule has 0 unspecified atom stereocenters. The molecule has 0 saturated heterocycles. The van der Waals surface area contributed by atoms with Crippen molar-refractivity contribution in [1.82, 2.24) is 19.7 Å². The Morgan fingerprint density at radius 3 is 2.46 bits per heavy atom. The van der Waals surface area contributed by atoms with Gasteiger partial charge in [0, 0.05) is 31.0 Å². The van der Waals surface area contributed by atoms with Crippen LogP contribution in [0.3, 0.4) is 0 Å². The summed E-state index contributed by atoms with van der Waals surface area (Å²) in [7, 11) is 0. The van der Waals surface area contributed by atoms with Crippen molar-refractivity contribution in [3.8, 4) is 11.8 Å². The summed E-state index contributed by atoms with van der Waals surface area (Å²) in [4.78, 5) is 14.1. The number of nitrogens with zero attached hydrogens (tertiary/aromatic N) is 4. The van der Waals surface area contributed by atoms with Gasteiger partial charge in [-0.2, -0.15) is 0 Å². The number of amides is 1. The number of fused-ring (bicyclic) bond motifs is 1. The van der Waals surface area contributed by atoms with Gasteiger partial charge in [0.25, 0.3) is 5.91 Å². The molecule has 0 saturated carbocycles. The first-order chi connectivity index (χ1) is 12.8. The van der Waals surface area contributed by atoms with Gasteiger partial charge in [0.2, 0.25) is 0 Å². The van der Waals surface area contributed by atoms with Crippen LogP contribution in [0, 0.1) is 11.8 Å². The van der Waals surface area contributed by atoms with Crippen molar-refractivity contribution in [2.24, 2.45) is 0 Å². The van der Waals surface area contributed by atoms with Crippen LogP contribution in [0.5, 0.6) is 0 Å². The molecule has 5 heteroatoms. The van der Waals surface area contributed by atoms with E-state index in [2.05, 4.69) is 38.7 Å². The molecule has 1 aromatic heterocycles. The van der Waals surface area contributed by atoms with Gasteiger partial charge in [-0.1, -0.05) is 54.5 Å². The maximum Gasteiger partial charge on any atom is 0.299 e. The van der Waals surface area contributed by atoms with Crippen molar-refractivity contribution < 1.29 is 4.79 Å². The molecule has 1 aliphatic rings. The number of aromatic nitrogens is 3. The van der Waals surface area contributed by atoms with Gasteiger partial charge >= 0.3 is 0 Å². The monoisotopic (exact) mass is 342 g/mol. The van der Waals surface area contributed by atoms with Crippen molar-refractivity contribution in [3.63, 3.8) is 0 Å². The van der Waals surface area contributed by atoms with Crippen LogP contribution in [0.2, 0.25) is 0 Å². The Hall–Kier alpha value is -3.39. The summed E-state index contributed by atoms with van der Waals surface area (Å²) in [5.41, 5.74) is 2.04. The molecule has 0 bridgehead atoms. The molecule has 2 aromatic carbocycles. The number of hydrogen-bond donors (Lipinski definition) is 0. The van der Waals surface area contributed by atoms with Crippen LogP contribution < -0.4 is 0 Å². The molecule has 1 amide bonds. The lowest BCUT2D eigenvalue weighted by atomic mass is 10.1. The molecule has 0 aliphatic carbocycles. The first-order valence-corrected chi connectivity index (χ1v) is 8.60. The normalized spacial score (nSPS) is 12.8. The zero-order valence-electron chi connectivity index (χ0n) is 14.3. The smallest absolute Gasteiger partial charge is 0.299 e. The quantitative estimate of drug-likeness (QED) is 0.671. The fourth-order valence-corrected chi connectivity index (χ4v) is 3.03. The summed E-state index contributed by atoms with van der Waals surface area (Å²) in [5, 5.41) is 8.59. The summed E-state index contributed by atoms with van der Waals surface area (Å²) in [5.74, 6) is 7.23. The van der Waals surface area contributed by atoms with Gasteiger partial charge in [-0.3, -0.25) is 4.79 Å². The van der Waals surface area contributed by atoms with E-state index in [1.54, 1.807) is 4.90 Å². The maximum absolute atomic E-state index is 12.4. The Morgan fingerprint density at radius 2 is 1.69 bits per heavy atom. The van der Waals surface area contributed by atoms with Gasteiger partial charge in [-0.15, -0.1) is 10.2 Å². The van der Waals surface area contributed by atoms with Crippen LogP contribution in [-0.2, 0) is 24.3 Å². The standard InChI is InChI=1S/C21H18N4O/c26-21(12-11-17-7-3-1-4-8-17)24-13-14-25-19(22-23-20(25)16-24)15-18-9-5-2-6-10-18/h1-10H,13-16H2. The largest absolute Gasteiger partial charge is 0.323 e. The van der Waals surface area contributed by atoms with Crippen molar-refractivity contribution in [2.75, 3.05) is 6.54 Å². The first-order valence-electron chi connectivity index (χ1n) is 8.60. The molecule has 2 heterocycles. The fraction of sp³-hybridized carbons (Fsp3) is 0.190. The van der Waals surface area contributed by atoms with E-state index in [-0.39, 0.29) is 5.91 Å². The van der Waals surface area contributed by atoms with Crippen molar-refractivity contribution >= 4 is 5.91 Å². The second kappa shape index (κ2) is 7.24. The lowest BCUT2D eigenvalue weighted by Crippen LogP contribution is -2.38. The van der Waals surface area contributed by atoms with E-state index in [9.17, 15) is 4.79 Å².